The predicted octanol–water partition coefficient (Wildman–Crippen LogP) is 6.66. The van der Waals surface area contributed by atoms with Crippen LogP contribution in [-0.2, 0) is 0 Å². The molecule has 0 aliphatic carbocycles. The SMILES string of the molecule is COc1cc([C@@H]2C[C@@H](C(F)(F)F)n3ncc(C(=O)Nc4cc(Oc5ccc(F)cc5)cc([N+](=O)[O-])c4)c3N2)cc(OC)c1OC. The van der Waals surface area contributed by atoms with Crippen LogP contribution in [0, 0.1) is 15.9 Å². The number of aromatic nitrogens is 2. The number of fused-ring (bicyclic) bond motifs is 1. The van der Waals surface area contributed by atoms with Gasteiger partial charge in [-0.2, -0.15) is 18.3 Å². The van der Waals surface area contributed by atoms with E-state index >= 15 is 0 Å². The molecule has 2 N–H and O–H groups in total. The zero-order valence-electron chi connectivity index (χ0n) is 23.8. The van der Waals surface area contributed by atoms with Crippen molar-refractivity contribution < 1.29 is 46.2 Å². The van der Waals surface area contributed by atoms with Crippen molar-refractivity contribution in [3.05, 3.63) is 87.9 Å². The number of nitrogens with zero attached hydrogens (tertiary/aromatic N) is 3. The normalized spacial score (nSPS) is 15.8. The zero-order valence-corrected chi connectivity index (χ0v) is 23.8. The maximum atomic E-state index is 14.3. The van der Waals surface area contributed by atoms with E-state index in [2.05, 4.69) is 15.7 Å². The number of nitrogens with one attached hydrogen (secondary N) is 2. The van der Waals surface area contributed by atoms with Crippen LogP contribution in [0.2, 0.25) is 0 Å². The smallest absolute Gasteiger partial charge is 0.410 e. The van der Waals surface area contributed by atoms with Crippen molar-refractivity contribution in [2.24, 2.45) is 0 Å². The standard InChI is InChI=1S/C29H25F4N5O7/c1-42-23-8-15(9-24(43-2)26(23)44-3)22-13-25(29(31,32)33)37-27(36-22)21(14-34-37)28(39)35-17-10-18(38(40)41)12-20(11-17)45-19-6-4-16(30)5-7-19/h4-12,14,22,25,36H,13H2,1-3H3,(H,35,39)/t22-,25-/m0/s1. The largest absolute Gasteiger partial charge is 0.493 e. The van der Waals surface area contributed by atoms with E-state index < -0.39 is 47.0 Å². The second kappa shape index (κ2) is 12.2. The summed E-state index contributed by atoms with van der Waals surface area (Å²) in [5.41, 5.74) is -0.428. The fraction of sp³-hybridized carbons (Fsp3) is 0.241. The van der Waals surface area contributed by atoms with Gasteiger partial charge in [0.1, 0.15) is 28.7 Å². The van der Waals surface area contributed by atoms with Gasteiger partial charge in [0, 0.05) is 18.6 Å². The number of non-ortho nitro benzene ring substituents is 1. The summed E-state index contributed by atoms with van der Waals surface area (Å²) in [6, 6.07) is 8.22. The minimum atomic E-state index is -4.73. The Labute approximate surface area is 252 Å². The molecule has 236 valence electrons. The number of benzene rings is 3. The number of hydrogen-bond acceptors (Lipinski definition) is 9. The topological polar surface area (TPSA) is 139 Å². The van der Waals surface area contributed by atoms with Crippen LogP contribution in [0.3, 0.4) is 0 Å². The van der Waals surface area contributed by atoms with E-state index in [9.17, 15) is 32.5 Å². The van der Waals surface area contributed by atoms with Gasteiger partial charge in [-0.1, -0.05) is 0 Å². The van der Waals surface area contributed by atoms with Gasteiger partial charge < -0.3 is 29.6 Å². The van der Waals surface area contributed by atoms with Gasteiger partial charge in [0.15, 0.2) is 17.5 Å². The summed E-state index contributed by atoms with van der Waals surface area (Å²) < 4.78 is 78.4. The molecule has 0 bridgehead atoms. The molecule has 5 rings (SSSR count). The Hall–Kier alpha value is -5.54. The van der Waals surface area contributed by atoms with Crippen molar-refractivity contribution in [2.75, 3.05) is 32.0 Å². The molecule has 3 aromatic carbocycles. The third-order valence-corrected chi connectivity index (χ3v) is 6.98. The molecule has 12 nitrogen and oxygen atoms in total. The van der Waals surface area contributed by atoms with Crippen LogP contribution >= 0.6 is 0 Å². The second-order valence-corrected chi connectivity index (χ2v) is 9.78. The van der Waals surface area contributed by atoms with Crippen LogP contribution in [0.25, 0.3) is 0 Å². The highest BCUT2D eigenvalue weighted by Crippen LogP contribution is 2.47. The molecule has 2 heterocycles. The molecule has 1 aromatic heterocycles. The zero-order chi connectivity index (χ0) is 32.5. The minimum absolute atomic E-state index is 0.0548. The van der Waals surface area contributed by atoms with Crippen molar-refractivity contribution in [1.29, 1.82) is 0 Å². The first kappa shape index (κ1) is 30.9. The average Bonchev–Trinajstić information content (AvgIpc) is 3.44. The molecule has 0 spiro atoms. The van der Waals surface area contributed by atoms with Gasteiger partial charge in [-0.05, 0) is 42.0 Å². The number of nitro benzene ring substituents is 1. The van der Waals surface area contributed by atoms with Crippen molar-refractivity contribution >= 4 is 23.1 Å². The first-order valence-electron chi connectivity index (χ1n) is 13.2. The van der Waals surface area contributed by atoms with Crippen LogP contribution < -0.4 is 29.6 Å². The maximum absolute atomic E-state index is 14.3. The lowest BCUT2D eigenvalue weighted by molar-refractivity contribution is -0.384. The number of rotatable bonds is 9. The van der Waals surface area contributed by atoms with Crippen LogP contribution in [-0.4, -0.2) is 48.1 Å². The number of carbonyl (C=O) groups is 1. The van der Waals surface area contributed by atoms with E-state index in [-0.39, 0.29) is 45.8 Å². The lowest BCUT2D eigenvalue weighted by Gasteiger charge is -2.34. The third-order valence-electron chi connectivity index (χ3n) is 6.98. The van der Waals surface area contributed by atoms with Crippen LogP contribution in [0.15, 0.2) is 60.8 Å². The fourth-order valence-corrected chi connectivity index (χ4v) is 4.91. The molecule has 1 aliphatic rings. The third kappa shape index (κ3) is 6.39. The molecule has 0 fully saturated rings. The van der Waals surface area contributed by atoms with Crippen molar-refractivity contribution in [1.82, 2.24) is 9.78 Å². The Kier molecular flexibility index (Phi) is 8.39. The Morgan fingerprint density at radius 1 is 1.02 bits per heavy atom. The molecule has 0 saturated carbocycles. The molecular formula is C29H25F4N5O7. The Morgan fingerprint density at radius 3 is 2.27 bits per heavy atom. The van der Waals surface area contributed by atoms with Gasteiger partial charge in [0.05, 0.1) is 50.2 Å². The Morgan fingerprint density at radius 2 is 1.69 bits per heavy atom. The highest BCUT2D eigenvalue weighted by atomic mass is 19.4. The number of anilines is 2. The summed E-state index contributed by atoms with van der Waals surface area (Å²) >= 11 is 0. The quantitative estimate of drug-likeness (QED) is 0.118. The van der Waals surface area contributed by atoms with Crippen LogP contribution in [0.4, 0.5) is 34.8 Å². The van der Waals surface area contributed by atoms with Crippen molar-refractivity contribution in [3.63, 3.8) is 0 Å². The van der Waals surface area contributed by atoms with Crippen molar-refractivity contribution in [2.45, 2.75) is 24.7 Å². The number of carbonyl (C=O) groups excluding carboxylic acids is 1. The van der Waals surface area contributed by atoms with Gasteiger partial charge in [0.2, 0.25) is 5.75 Å². The lowest BCUT2D eigenvalue weighted by atomic mass is 9.95. The minimum Gasteiger partial charge on any atom is -0.493 e. The maximum Gasteiger partial charge on any atom is 0.410 e. The number of halogens is 4. The van der Waals surface area contributed by atoms with Gasteiger partial charge in [0.25, 0.3) is 11.6 Å². The number of hydrogen-bond donors (Lipinski definition) is 2. The number of nitro groups is 1. The van der Waals surface area contributed by atoms with Gasteiger partial charge in [-0.25, -0.2) is 9.07 Å². The molecule has 1 amide bonds. The summed E-state index contributed by atoms with van der Waals surface area (Å²) in [5.74, 6) is -0.848. The monoisotopic (exact) mass is 631 g/mol. The molecule has 1 aliphatic heterocycles. The molecule has 0 unspecified atom stereocenters. The number of alkyl halides is 3. The van der Waals surface area contributed by atoms with Gasteiger partial charge in [-0.15, -0.1) is 0 Å². The molecule has 4 aromatic rings. The average molecular weight is 632 g/mol. The summed E-state index contributed by atoms with van der Waals surface area (Å²) in [6.45, 7) is 0. The Balaban J connectivity index is 1.49. The first-order chi connectivity index (χ1) is 21.4. The van der Waals surface area contributed by atoms with Crippen molar-refractivity contribution in [3.8, 4) is 28.7 Å². The second-order valence-electron chi connectivity index (χ2n) is 9.78. The van der Waals surface area contributed by atoms with E-state index in [1.54, 1.807) is 0 Å². The summed E-state index contributed by atoms with van der Waals surface area (Å²) in [7, 11) is 4.13. The first-order valence-corrected chi connectivity index (χ1v) is 13.2. The molecule has 0 saturated heterocycles. The molecule has 16 heteroatoms. The number of methoxy groups -OCH3 is 3. The van der Waals surface area contributed by atoms with Gasteiger partial charge >= 0.3 is 6.18 Å². The van der Waals surface area contributed by atoms with E-state index in [0.29, 0.717) is 10.2 Å². The Bertz CT molecular complexity index is 1720. The van der Waals surface area contributed by atoms with Crippen LogP contribution in [0.1, 0.15) is 34.4 Å². The fourth-order valence-electron chi connectivity index (χ4n) is 4.91. The van der Waals surface area contributed by atoms with E-state index in [4.69, 9.17) is 18.9 Å². The number of ether oxygens (including phenoxy) is 4. The van der Waals surface area contributed by atoms with E-state index in [1.807, 2.05) is 0 Å². The van der Waals surface area contributed by atoms with Gasteiger partial charge in [-0.3, -0.25) is 14.9 Å². The van der Waals surface area contributed by atoms with Crippen LogP contribution in [0.5, 0.6) is 28.7 Å². The molecule has 0 radical (unpaired) electrons. The molecular weight excluding hydrogens is 606 g/mol. The summed E-state index contributed by atoms with van der Waals surface area (Å²) in [5, 5.41) is 20.9. The highest BCUT2D eigenvalue weighted by molar-refractivity contribution is 6.07. The molecule has 45 heavy (non-hydrogen) atoms. The molecule has 2 atom stereocenters. The number of amides is 1. The van der Waals surface area contributed by atoms with E-state index in [0.717, 1.165) is 30.5 Å². The van der Waals surface area contributed by atoms with E-state index in [1.165, 1.54) is 51.7 Å². The summed E-state index contributed by atoms with van der Waals surface area (Å²) in [6.07, 6.45) is -4.24. The highest BCUT2D eigenvalue weighted by Gasteiger charge is 2.47. The predicted molar refractivity (Wildman–Crippen MR) is 152 cm³/mol. The lowest BCUT2D eigenvalue weighted by Crippen LogP contribution is -2.36. The summed E-state index contributed by atoms with van der Waals surface area (Å²) in [4.78, 5) is 24.3.